The Balaban J connectivity index is 1.69. The van der Waals surface area contributed by atoms with Gasteiger partial charge in [0.05, 0.1) is 10.7 Å². The Morgan fingerprint density at radius 3 is 2.79 bits per heavy atom. The fourth-order valence-corrected chi connectivity index (χ4v) is 3.82. The number of halogens is 3. The van der Waals surface area contributed by atoms with Crippen molar-refractivity contribution in [3.05, 3.63) is 81.6 Å². The van der Waals surface area contributed by atoms with Gasteiger partial charge in [0.25, 0.3) is 5.69 Å². The van der Waals surface area contributed by atoms with Crippen LogP contribution in [0.2, 0.25) is 5.02 Å². The van der Waals surface area contributed by atoms with E-state index in [4.69, 9.17) is 16.3 Å². The maximum absolute atomic E-state index is 13.9. The number of benzene rings is 2. The van der Waals surface area contributed by atoms with E-state index in [-0.39, 0.29) is 34.4 Å². The summed E-state index contributed by atoms with van der Waals surface area (Å²) < 4.78 is 34.3. The van der Waals surface area contributed by atoms with Gasteiger partial charge in [0.1, 0.15) is 10.8 Å². The van der Waals surface area contributed by atoms with E-state index in [0.717, 1.165) is 23.9 Å². The number of aromatic nitrogens is 3. The molecule has 1 aromatic heterocycles. The van der Waals surface area contributed by atoms with Crippen LogP contribution in [0.3, 0.4) is 0 Å². The van der Waals surface area contributed by atoms with Crippen molar-refractivity contribution in [1.29, 1.82) is 0 Å². The van der Waals surface area contributed by atoms with Crippen LogP contribution in [-0.2, 0) is 11.3 Å². The number of ether oxygens (including phenoxy) is 1. The van der Waals surface area contributed by atoms with Crippen LogP contribution in [-0.4, -0.2) is 31.3 Å². The summed E-state index contributed by atoms with van der Waals surface area (Å²) >= 11 is 6.85. The Labute approximate surface area is 201 Å². The molecule has 3 aromatic rings. The number of amides is 1. The van der Waals surface area contributed by atoms with Gasteiger partial charge in [-0.05, 0) is 31.2 Å². The molecular weight excluding hydrogens is 492 g/mol. The first-order valence-corrected chi connectivity index (χ1v) is 11.1. The molecule has 3 rings (SSSR count). The average molecular weight is 510 g/mol. The Hall–Kier alpha value is -3.51. The van der Waals surface area contributed by atoms with Crippen LogP contribution in [0, 0.1) is 21.7 Å². The number of hydrogen-bond acceptors (Lipinski definition) is 7. The van der Waals surface area contributed by atoms with Gasteiger partial charge in [0.2, 0.25) is 5.91 Å². The molecule has 1 heterocycles. The molecule has 0 aliphatic heterocycles. The van der Waals surface area contributed by atoms with Gasteiger partial charge in [0.15, 0.2) is 28.7 Å². The highest BCUT2D eigenvalue weighted by molar-refractivity contribution is 7.99. The number of allylic oxidation sites excluding steroid dienone is 1. The van der Waals surface area contributed by atoms with Crippen LogP contribution in [0.25, 0.3) is 0 Å². The fourth-order valence-electron chi connectivity index (χ4n) is 2.88. The van der Waals surface area contributed by atoms with E-state index >= 15 is 0 Å². The third kappa shape index (κ3) is 6.08. The highest BCUT2D eigenvalue weighted by Gasteiger charge is 2.21. The lowest BCUT2D eigenvalue weighted by molar-refractivity contribution is -0.384. The minimum atomic E-state index is -0.852. The van der Waals surface area contributed by atoms with E-state index in [1.165, 1.54) is 18.2 Å². The Morgan fingerprint density at radius 2 is 2.12 bits per heavy atom. The summed E-state index contributed by atoms with van der Waals surface area (Å²) in [6, 6.07) is 6.90. The zero-order valence-electron chi connectivity index (χ0n) is 17.7. The predicted octanol–water partition coefficient (Wildman–Crippen LogP) is 5.17. The predicted molar refractivity (Wildman–Crippen MR) is 123 cm³/mol. The van der Waals surface area contributed by atoms with Crippen LogP contribution in [0.4, 0.5) is 20.2 Å². The number of nitro benzene ring substituents is 1. The highest BCUT2D eigenvalue weighted by Crippen LogP contribution is 2.29. The van der Waals surface area contributed by atoms with Gasteiger partial charge in [-0.25, -0.2) is 8.78 Å². The summed E-state index contributed by atoms with van der Waals surface area (Å²) in [5.74, 6) is -1.89. The molecule has 1 amide bonds. The van der Waals surface area contributed by atoms with Gasteiger partial charge in [-0.2, -0.15) is 0 Å². The highest BCUT2D eigenvalue weighted by atomic mass is 35.5. The fraction of sp³-hybridized carbons (Fsp3) is 0.190. The van der Waals surface area contributed by atoms with Gasteiger partial charge in [-0.1, -0.05) is 29.4 Å². The van der Waals surface area contributed by atoms with Crippen LogP contribution >= 0.6 is 23.4 Å². The number of rotatable bonds is 10. The topological polar surface area (TPSA) is 112 Å². The Bertz CT molecular complexity index is 1240. The largest absolute Gasteiger partial charge is 0.480 e. The number of anilines is 1. The molecule has 2 aromatic carbocycles. The average Bonchev–Trinajstić information content (AvgIpc) is 3.18. The quantitative estimate of drug-likeness (QED) is 0.173. The number of nitrogens with one attached hydrogen (secondary N) is 1. The molecule has 0 bridgehead atoms. The van der Waals surface area contributed by atoms with Crippen molar-refractivity contribution in [2.24, 2.45) is 0 Å². The van der Waals surface area contributed by atoms with E-state index in [9.17, 15) is 23.7 Å². The second-order valence-corrected chi connectivity index (χ2v) is 8.18. The summed E-state index contributed by atoms with van der Waals surface area (Å²) in [4.78, 5) is 22.7. The summed E-state index contributed by atoms with van der Waals surface area (Å²) in [6.07, 6.45) is 0.847. The molecule has 0 aliphatic carbocycles. The van der Waals surface area contributed by atoms with Gasteiger partial charge < -0.3 is 10.1 Å². The van der Waals surface area contributed by atoms with E-state index in [0.29, 0.717) is 17.0 Å². The number of hydrogen-bond donors (Lipinski definition) is 1. The van der Waals surface area contributed by atoms with Crippen LogP contribution < -0.4 is 10.1 Å². The van der Waals surface area contributed by atoms with E-state index in [1.807, 2.05) is 0 Å². The molecule has 1 N–H and O–H groups in total. The summed E-state index contributed by atoms with van der Waals surface area (Å²) in [5, 5.41) is 22.1. The number of carbonyl (C=O) groups excluding carboxylic acids is 1. The Kier molecular flexibility index (Phi) is 8.18. The minimum absolute atomic E-state index is 0.0423. The molecule has 9 nitrogen and oxygen atoms in total. The molecule has 0 fully saturated rings. The molecule has 13 heteroatoms. The maximum atomic E-state index is 13.9. The zero-order valence-corrected chi connectivity index (χ0v) is 19.3. The molecule has 0 spiro atoms. The molecule has 178 valence electrons. The second-order valence-electron chi connectivity index (χ2n) is 6.84. The van der Waals surface area contributed by atoms with Gasteiger partial charge in [-0.3, -0.25) is 19.5 Å². The molecule has 1 atom stereocenters. The minimum Gasteiger partial charge on any atom is -0.480 e. The van der Waals surface area contributed by atoms with Crippen molar-refractivity contribution in [2.75, 3.05) is 11.1 Å². The van der Waals surface area contributed by atoms with Gasteiger partial charge >= 0.3 is 0 Å². The lowest BCUT2D eigenvalue weighted by atomic mass is 10.3. The van der Waals surface area contributed by atoms with Crippen molar-refractivity contribution in [3.63, 3.8) is 0 Å². The number of nitrogens with zero attached hydrogens (tertiary/aromatic N) is 4. The molecule has 34 heavy (non-hydrogen) atoms. The second kappa shape index (κ2) is 11.1. The van der Waals surface area contributed by atoms with Crippen LogP contribution in [0.1, 0.15) is 18.9 Å². The van der Waals surface area contributed by atoms with Crippen molar-refractivity contribution < 1.29 is 23.2 Å². The number of nitro groups is 1. The Morgan fingerprint density at radius 1 is 1.35 bits per heavy atom. The molecule has 0 saturated heterocycles. The van der Waals surface area contributed by atoms with Gasteiger partial charge in [-0.15, -0.1) is 16.8 Å². The molecule has 1 unspecified atom stereocenters. The number of thioether (sulfide) groups is 1. The van der Waals surface area contributed by atoms with Crippen molar-refractivity contribution >= 4 is 40.6 Å². The smallest absolute Gasteiger partial charge is 0.289 e. The van der Waals surface area contributed by atoms with Crippen molar-refractivity contribution in [2.45, 2.75) is 24.7 Å². The van der Waals surface area contributed by atoms with E-state index < -0.39 is 28.6 Å². The van der Waals surface area contributed by atoms with E-state index in [2.05, 4.69) is 22.1 Å². The SMILES string of the molecule is C=CCn1c(SCC(=O)Nc2ccc(Cl)c([N+](=O)[O-])c2)nnc1C(C)Oc1ccc(F)cc1F. The first kappa shape index (κ1) is 25.1. The van der Waals surface area contributed by atoms with Crippen molar-refractivity contribution in [3.8, 4) is 5.75 Å². The number of carbonyl (C=O) groups is 1. The first-order chi connectivity index (χ1) is 16.2. The molecule has 0 aliphatic rings. The van der Waals surface area contributed by atoms with Crippen molar-refractivity contribution in [1.82, 2.24) is 14.8 Å². The summed E-state index contributed by atoms with van der Waals surface area (Å²) in [5.41, 5.74) is -0.104. The van der Waals surface area contributed by atoms with Gasteiger partial charge in [0, 0.05) is 24.4 Å². The summed E-state index contributed by atoms with van der Waals surface area (Å²) in [7, 11) is 0. The lowest BCUT2D eigenvalue weighted by Gasteiger charge is -2.16. The third-order valence-electron chi connectivity index (χ3n) is 4.38. The normalized spacial score (nSPS) is 11.6. The molecular formula is C21H18ClF2N5O4S. The molecule has 0 saturated carbocycles. The zero-order chi connectivity index (χ0) is 24.8. The monoisotopic (exact) mass is 509 g/mol. The maximum Gasteiger partial charge on any atom is 0.289 e. The standard InChI is InChI=1S/C21H18ClF2N5O4S/c1-3-8-28-20(12(2)33-18-7-4-13(23)9-16(18)24)26-27-21(28)34-11-19(30)25-14-5-6-15(22)17(10-14)29(31)32/h3-7,9-10,12H,1,8,11H2,2H3,(H,25,30). The van der Waals surface area contributed by atoms with Crippen LogP contribution in [0.15, 0.2) is 54.2 Å². The first-order valence-electron chi connectivity index (χ1n) is 9.72. The third-order valence-corrected chi connectivity index (χ3v) is 5.66. The lowest BCUT2D eigenvalue weighted by Crippen LogP contribution is -2.16. The summed E-state index contributed by atoms with van der Waals surface area (Å²) in [6.45, 7) is 5.61. The van der Waals surface area contributed by atoms with E-state index in [1.54, 1.807) is 17.6 Å². The molecule has 0 radical (unpaired) electrons. The van der Waals surface area contributed by atoms with Crippen LogP contribution in [0.5, 0.6) is 5.75 Å².